The second-order valence-corrected chi connectivity index (χ2v) is 6.91. The summed E-state index contributed by atoms with van der Waals surface area (Å²) in [6.45, 7) is 4.87. The van der Waals surface area contributed by atoms with E-state index < -0.39 is 15.3 Å². The molecule has 0 amide bonds. The highest BCUT2D eigenvalue weighted by Gasteiger charge is 2.20. The van der Waals surface area contributed by atoms with Gasteiger partial charge in [-0.1, -0.05) is 19.1 Å². The molecule has 1 aromatic carbocycles. The van der Waals surface area contributed by atoms with Crippen LogP contribution in [0.25, 0.3) is 0 Å². The van der Waals surface area contributed by atoms with E-state index in [1.807, 2.05) is 31.4 Å². The zero-order chi connectivity index (χ0) is 13.6. The summed E-state index contributed by atoms with van der Waals surface area (Å²) in [7, 11) is -3.34. The molecule has 0 fully saturated rings. The highest BCUT2D eigenvalue weighted by molar-refractivity contribution is 7.99. The summed E-state index contributed by atoms with van der Waals surface area (Å²) in [6.07, 6.45) is 1.93. The molecule has 1 atom stereocenters. The molecule has 0 heterocycles. The maximum absolute atomic E-state index is 12.1. The number of para-hydroxylation sites is 1. The van der Waals surface area contributed by atoms with E-state index in [2.05, 4.69) is 10.0 Å². The number of rotatable bonds is 7. The SMILES string of the molecule is CCNCC(C)S(=O)(=O)Nc1ccccc1SC. The van der Waals surface area contributed by atoms with E-state index in [0.717, 1.165) is 11.4 Å². The third kappa shape index (κ3) is 4.19. The highest BCUT2D eigenvalue weighted by atomic mass is 32.2. The first-order valence-corrected chi connectivity index (χ1v) is 8.63. The largest absolute Gasteiger partial charge is 0.316 e. The number of anilines is 1. The van der Waals surface area contributed by atoms with E-state index in [-0.39, 0.29) is 0 Å². The second-order valence-electron chi connectivity index (χ2n) is 3.97. The summed E-state index contributed by atoms with van der Waals surface area (Å²) in [5.41, 5.74) is 0.647. The lowest BCUT2D eigenvalue weighted by molar-refractivity contribution is 0.579. The minimum Gasteiger partial charge on any atom is -0.316 e. The molecular weight excluding hydrogens is 268 g/mol. The molecule has 18 heavy (non-hydrogen) atoms. The highest BCUT2D eigenvalue weighted by Crippen LogP contribution is 2.26. The van der Waals surface area contributed by atoms with Crippen molar-refractivity contribution in [2.45, 2.75) is 24.0 Å². The smallest absolute Gasteiger partial charge is 0.236 e. The van der Waals surface area contributed by atoms with Crippen molar-refractivity contribution in [3.8, 4) is 0 Å². The molecule has 1 aromatic rings. The molecule has 4 nitrogen and oxygen atoms in total. The second kappa shape index (κ2) is 7.01. The predicted molar refractivity (Wildman–Crippen MR) is 78.8 cm³/mol. The first-order valence-electron chi connectivity index (χ1n) is 5.86. The molecule has 0 aliphatic carbocycles. The Hall–Kier alpha value is -0.720. The van der Waals surface area contributed by atoms with Gasteiger partial charge in [0, 0.05) is 11.4 Å². The van der Waals surface area contributed by atoms with Crippen molar-refractivity contribution in [3.05, 3.63) is 24.3 Å². The molecule has 0 saturated heterocycles. The van der Waals surface area contributed by atoms with Gasteiger partial charge in [-0.25, -0.2) is 8.42 Å². The topological polar surface area (TPSA) is 58.2 Å². The molecular formula is C12H20N2O2S2. The standard InChI is InChI=1S/C12H20N2O2S2/c1-4-13-9-10(2)18(15,16)14-11-7-5-6-8-12(11)17-3/h5-8,10,13-14H,4,9H2,1-3H3. The number of hydrogen-bond donors (Lipinski definition) is 2. The Kier molecular flexibility index (Phi) is 5.98. The molecule has 0 saturated carbocycles. The van der Waals surface area contributed by atoms with E-state index in [9.17, 15) is 8.42 Å². The molecule has 102 valence electrons. The molecule has 0 bridgehead atoms. The van der Waals surface area contributed by atoms with Crippen molar-refractivity contribution in [1.29, 1.82) is 0 Å². The lowest BCUT2D eigenvalue weighted by Crippen LogP contribution is -2.34. The number of hydrogen-bond acceptors (Lipinski definition) is 4. The van der Waals surface area contributed by atoms with E-state index in [4.69, 9.17) is 0 Å². The van der Waals surface area contributed by atoms with Crippen molar-refractivity contribution in [2.75, 3.05) is 24.1 Å². The van der Waals surface area contributed by atoms with E-state index in [0.29, 0.717) is 12.2 Å². The van der Waals surface area contributed by atoms with Crippen molar-refractivity contribution >= 4 is 27.5 Å². The molecule has 0 aromatic heterocycles. The molecule has 6 heteroatoms. The number of sulfonamides is 1. The minimum atomic E-state index is -3.34. The lowest BCUT2D eigenvalue weighted by atomic mass is 10.3. The maximum atomic E-state index is 12.1. The van der Waals surface area contributed by atoms with Gasteiger partial charge in [0.05, 0.1) is 10.9 Å². The van der Waals surface area contributed by atoms with Crippen LogP contribution in [0.3, 0.4) is 0 Å². The van der Waals surface area contributed by atoms with E-state index in [1.54, 1.807) is 13.0 Å². The Balaban J connectivity index is 2.82. The van der Waals surface area contributed by atoms with Crippen molar-refractivity contribution in [2.24, 2.45) is 0 Å². The summed E-state index contributed by atoms with van der Waals surface area (Å²) in [5.74, 6) is 0. The monoisotopic (exact) mass is 288 g/mol. The van der Waals surface area contributed by atoms with E-state index in [1.165, 1.54) is 11.8 Å². The molecule has 0 radical (unpaired) electrons. The van der Waals surface area contributed by atoms with Gasteiger partial charge in [-0.05, 0) is 31.9 Å². The fourth-order valence-corrected chi connectivity index (χ4v) is 3.08. The first-order chi connectivity index (χ1) is 8.51. The van der Waals surface area contributed by atoms with Crippen molar-refractivity contribution in [3.63, 3.8) is 0 Å². The van der Waals surface area contributed by atoms with Crippen molar-refractivity contribution in [1.82, 2.24) is 5.32 Å². The summed E-state index contributed by atoms with van der Waals surface area (Å²) in [4.78, 5) is 0.928. The van der Waals surface area contributed by atoms with Crippen LogP contribution in [0.5, 0.6) is 0 Å². The molecule has 1 rings (SSSR count). The third-order valence-corrected chi connectivity index (χ3v) is 5.10. The van der Waals surface area contributed by atoms with Crippen molar-refractivity contribution < 1.29 is 8.42 Å². The zero-order valence-corrected chi connectivity index (χ0v) is 12.6. The van der Waals surface area contributed by atoms with Crippen LogP contribution >= 0.6 is 11.8 Å². The Morgan fingerprint density at radius 1 is 1.33 bits per heavy atom. The molecule has 0 aliphatic heterocycles. The minimum absolute atomic E-state index is 0.452. The summed E-state index contributed by atoms with van der Waals surface area (Å²) in [5, 5.41) is 2.58. The predicted octanol–water partition coefficient (Wildman–Crippen LogP) is 2.15. The Labute approximate surface area is 114 Å². The van der Waals surface area contributed by atoms with Crippen LogP contribution < -0.4 is 10.0 Å². The lowest BCUT2D eigenvalue weighted by Gasteiger charge is -2.16. The van der Waals surface area contributed by atoms with Gasteiger partial charge in [-0.2, -0.15) is 0 Å². The third-order valence-electron chi connectivity index (χ3n) is 2.57. The number of nitrogens with one attached hydrogen (secondary N) is 2. The van der Waals surface area contributed by atoms with E-state index >= 15 is 0 Å². The van der Waals surface area contributed by atoms with Gasteiger partial charge >= 0.3 is 0 Å². The molecule has 0 aliphatic rings. The summed E-state index contributed by atoms with van der Waals surface area (Å²) < 4.78 is 26.9. The maximum Gasteiger partial charge on any atom is 0.236 e. The van der Waals surface area contributed by atoms with Gasteiger partial charge in [-0.3, -0.25) is 4.72 Å². The Morgan fingerprint density at radius 3 is 2.61 bits per heavy atom. The van der Waals surface area contributed by atoms with Gasteiger partial charge in [0.15, 0.2) is 0 Å². The number of thioether (sulfide) groups is 1. The average Bonchev–Trinajstić information content (AvgIpc) is 2.36. The van der Waals surface area contributed by atoms with Crippen LogP contribution in [-0.2, 0) is 10.0 Å². The van der Waals surface area contributed by atoms with Crippen LogP contribution in [0, 0.1) is 0 Å². The number of benzene rings is 1. The van der Waals surface area contributed by atoms with Crippen LogP contribution in [0.15, 0.2) is 29.2 Å². The van der Waals surface area contributed by atoms with Crippen LogP contribution in [0.2, 0.25) is 0 Å². The van der Waals surface area contributed by atoms with Crippen LogP contribution in [0.1, 0.15) is 13.8 Å². The summed E-state index contributed by atoms with van der Waals surface area (Å²) in [6, 6.07) is 7.40. The van der Waals surface area contributed by atoms with Crippen LogP contribution in [0.4, 0.5) is 5.69 Å². The molecule has 0 spiro atoms. The normalized spacial score (nSPS) is 13.3. The fraction of sp³-hybridized carbons (Fsp3) is 0.500. The van der Waals surface area contributed by atoms with Gasteiger partial charge in [0.25, 0.3) is 0 Å². The molecule has 2 N–H and O–H groups in total. The van der Waals surface area contributed by atoms with Gasteiger partial charge in [0.1, 0.15) is 0 Å². The Morgan fingerprint density at radius 2 is 2.00 bits per heavy atom. The van der Waals surface area contributed by atoms with Crippen LogP contribution in [-0.4, -0.2) is 33.0 Å². The molecule has 1 unspecified atom stereocenters. The fourth-order valence-electron chi connectivity index (χ4n) is 1.44. The first kappa shape index (κ1) is 15.3. The quantitative estimate of drug-likeness (QED) is 0.755. The van der Waals surface area contributed by atoms with Gasteiger partial charge in [0.2, 0.25) is 10.0 Å². The zero-order valence-electron chi connectivity index (χ0n) is 10.9. The Bertz CT molecular complexity index is 475. The summed E-state index contributed by atoms with van der Waals surface area (Å²) >= 11 is 1.52. The van der Waals surface area contributed by atoms with Gasteiger partial charge < -0.3 is 5.32 Å². The van der Waals surface area contributed by atoms with Gasteiger partial charge in [-0.15, -0.1) is 11.8 Å². The average molecular weight is 288 g/mol.